The number of para-hydroxylation sites is 4. The predicted octanol–water partition coefficient (Wildman–Crippen LogP) is 12.8. The maximum Gasteiger partial charge on any atom is 0.244 e. The zero-order valence-electron chi connectivity index (χ0n) is 32.7. The summed E-state index contributed by atoms with van der Waals surface area (Å²) in [5, 5.41) is 0. The Morgan fingerprint density at radius 3 is 1.51 bits per heavy atom. The molecule has 0 fully saturated rings. The van der Waals surface area contributed by atoms with E-state index in [2.05, 4.69) is 210 Å². The van der Waals surface area contributed by atoms with E-state index in [4.69, 9.17) is 4.74 Å². The van der Waals surface area contributed by atoms with Crippen LogP contribution in [-0.4, -0.2) is 6.71 Å². The van der Waals surface area contributed by atoms with E-state index >= 15 is 0 Å². The van der Waals surface area contributed by atoms with Gasteiger partial charge in [-0.25, -0.2) is 0 Å². The van der Waals surface area contributed by atoms with E-state index in [1.807, 2.05) is 0 Å². The van der Waals surface area contributed by atoms with Crippen LogP contribution in [0.25, 0.3) is 0 Å². The van der Waals surface area contributed by atoms with Crippen molar-refractivity contribution in [3.63, 3.8) is 0 Å². The molecule has 7 aromatic carbocycles. The van der Waals surface area contributed by atoms with E-state index in [-0.39, 0.29) is 6.71 Å². The van der Waals surface area contributed by atoms with Gasteiger partial charge in [-0.15, -0.1) is 10.0 Å². The highest BCUT2D eigenvalue weighted by molar-refractivity contribution is 8.34. The number of rotatable bonds is 7. The van der Waals surface area contributed by atoms with Crippen LogP contribution in [0.3, 0.4) is 0 Å². The first-order valence-corrected chi connectivity index (χ1v) is 21.4. The zero-order valence-corrected chi connectivity index (χ0v) is 33.5. The highest BCUT2D eigenvalue weighted by Crippen LogP contribution is 2.74. The molecule has 0 N–H and O–H groups in total. The van der Waals surface area contributed by atoms with Crippen LogP contribution in [0.2, 0.25) is 0 Å². The molecule has 9 rings (SSSR count). The van der Waals surface area contributed by atoms with Gasteiger partial charge in [0.1, 0.15) is 0 Å². The van der Waals surface area contributed by atoms with E-state index < -0.39 is 10.0 Å². The lowest BCUT2D eigenvalue weighted by molar-refractivity contribution is 0.477. The first-order valence-electron chi connectivity index (χ1n) is 19.8. The van der Waals surface area contributed by atoms with Crippen molar-refractivity contribution in [2.75, 3.05) is 4.90 Å². The number of benzene rings is 7. The van der Waals surface area contributed by atoms with Gasteiger partial charge in [-0.3, -0.25) is 0 Å². The fourth-order valence-electron chi connectivity index (χ4n) is 8.98. The Kier molecular flexibility index (Phi) is 8.98. The molecule has 0 atom stereocenters. The van der Waals surface area contributed by atoms with Crippen LogP contribution in [0, 0.1) is 0 Å². The van der Waals surface area contributed by atoms with Gasteiger partial charge in [0.25, 0.3) is 0 Å². The molecule has 0 bridgehead atoms. The monoisotopic (exact) mass is 733 g/mol. The van der Waals surface area contributed by atoms with E-state index in [0.29, 0.717) is 17.8 Å². The third kappa shape index (κ3) is 5.64. The van der Waals surface area contributed by atoms with E-state index in [1.54, 1.807) is 0 Å². The molecular weight excluding hydrogens is 685 g/mol. The fraction of sp³-hybridized carbons (Fsp3) is 0.176. The summed E-state index contributed by atoms with van der Waals surface area (Å²) in [6.45, 7) is 14.2. The van der Waals surface area contributed by atoms with E-state index in [0.717, 1.165) is 28.6 Å². The molecule has 0 unspecified atom stereocenters. The Labute approximate surface area is 329 Å². The maximum absolute atomic E-state index is 6.50. The molecule has 4 heteroatoms. The van der Waals surface area contributed by atoms with Crippen molar-refractivity contribution in [3.8, 4) is 11.5 Å². The van der Waals surface area contributed by atoms with Gasteiger partial charge in [0.15, 0.2) is 11.5 Å². The van der Waals surface area contributed by atoms with Crippen LogP contribution < -0.4 is 26.0 Å². The van der Waals surface area contributed by atoms with Gasteiger partial charge >= 0.3 is 0 Å². The standard InChI is InChI=1S/C51H48BNOS/c1-34(2)37-31-41(35(3)4)51(42(32-37)36(5)6)52-43-23-13-18-28-49(43)55(39-19-9-7-10-20-39,40-21-11-8-12-22-40)50-33-38(29-30-44(50)52)53-45-24-14-16-26-47(45)54-48-27-17-15-25-46(48)53/h7-36H,1-6H3. The Bertz CT molecular complexity index is 2410. The molecule has 0 aromatic heterocycles. The number of anilines is 3. The SMILES string of the molecule is CC(C)c1cc(C(C)C)c(B2c3ccccc3S(c3ccccc3)(c3ccccc3)c3cc(N4c5ccccc5Oc5ccccc54)ccc32)c(C(C)C)c1. The second-order valence-electron chi connectivity index (χ2n) is 15.9. The second-order valence-corrected chi connectivity index (χ2v) is 18.9. The van der Waals surface area contributed by atoms with Crippen molar-refractivity contribution in [1.82, 2.24) is 0 Å². The summed E-state index contributed by atoms with van der Waals surface area (Å²) >= 11 is 0. The highest BCUT2D eigenvalue weighted by atomic mass is 32.3. The quantitative estimate of drug-likeness (QED) is 0.151. The third-order valence-electron chi connectivity index (χ3n) is 11.5. The lowest BCUT2D eigenvalue weighted by Crippen LogP contribution is -2.59. The van der Waals surface area contributed by atoms with Crippen LogP contribution in [-0.2, 0) is 0 Å². The van der Waals surface area contributed by atoms with Crippen molar-refractivity contribution in [2.24, 2.45) is 0 Å². The Balaban J connectivity index is 1.43. The van der Waals surface area contributed by atoms with Crippen LogP contribution in [0.1, 0.15) is 76.0 Å². The van der Waals surface area contributed by atoms with Crippen molar-refractivity contribution >= 4 is 50.2 Å². The Hall–Kier alpha value is -5.45. The minimum atomic E-state index is -1.98. The smallest absolute Gasteiger partial charge is 0.244 e. The molecule has 0 saturated heterocycles. The molecule has 7 aromatic rings. The number of hydrogen-bond donors (Lipinski definition) is 0. The summed E-state index contributed by atoms with van der Waals surface area (Å²) < 4.78 is 6.50. The van der Waals surface area contributed by atoms with E-state index in [9.17, 15) is 0 Å². The van der Waals surface area contributed by atoms with Crippen molar-refractivity contribution < 1.29 is 4.74 Å². The summed E-state index contributed by atoms with van der Waals surface area (Å²) in [7, 11) is -1.98. The molecule has 2 heterocycles. The van der Waals surface area contributed by atoms with E-state index in [1.165, 1.54) is 52.7 Å². The second kappa shape index (κ2) is 14.0. The molecule has 55 heavy (non-hydrogen) atoms. The van der Waals surface area contributed by atoms with Gasteiger partial charge in [0.05, 0.1) is 11.4 Å². The predicted molar refractivity (Wildman–Crippen MR) is 235 cm³/mol. The zero-order chi connectivity index (χ0) is 37.8. The lowest BCUT2D eigenvalue weighted by Gasteiger charge is -2.49. The number of fused-ring (bicyclic) bond motifs is 4. The highest BCUT2D eigenvalue weighted by Gasteiger charge is 2.46. The molecule has 2 aliphatic heterocycles. The molecule has 2 aliphatic rings. The topological polar surface area (TPSA) is 12.5 Å². The molecule has 0 aliphatic carbocycles. The van der Waals surface area contributed by atoms with Crippen molar-refractivity contribution in [3.05, 3.63) is 180 Å². The van der Waals surface area contributed by atoms with Gasteiger partial charge in [-0.2, -0.15) is 0 Å². The van der Waals surface area contributed by atoms with Crippen molar-refractivity contribution in [1.29, 1.82) is 0 Å². The third-order valence-corrected chi connectivity index (χ3v) is 15.6. The Morgan fingerprint density at radius 2 is 0.964 bits per heavy atom. The molecule has 2 nitrogen and oxygen atoms in total. The van der Waals surface area contributed by atoms with Gasteiger partial charge < -0.3 is 9.64 Å². The van der Waals surface area contributed by atoms with Crippen LogP contribution in [0.15, 0.2) is 183 Å². The average molecular weight is 734 g/mol. The van der Waals surface area contributed by atoms with Gasteiger partial charge in [0.2, 0.25) is 6.71 Å². The van der Waals surface area contributed by atoms with Gasteiger partial charge in [0, 0.05) is 15.5 Å². The van der Waals surface area contributed by atoms with Crippen LogP contribution in [0.5, 0.6) is 11.5 Å². The van der Waals surface area contributed by atoms with Crippen LogP contribution in [0.4, 0.5) is 17.1 Å². The normalized spacial score (nSPS) is 14.6. The Morgan fingerprint density at radius 1 is 0.473 bits per heavy atom. The lowest BCUT2D eigenvalue weighted by atomic mass is 9.34. The molecule has 0 radical (unpaired) electrons. The summed E-state index contributed by atoms with van der Waals surface area (Å²) in [4.78, 5) is 7.90. The molecule has 0 amide bonds. The maximum atomic E-state index is 6.50. The average Bonchev–Trinajstić information content (AvgIpc) is 3.22. The minimum Gasteiger partial charge on any atom is -0.453 e. The minimum absolute atomic E-state index is 0.0635. The first kappa shape index (κ1) is 35.3. The molecule has 0 spiro atoms. The molecular formula is C51H48BNOS. The molecule has 272 valence electrons. The first-order chi connectivity index (χ1) is 26.8. The summed E-state index contributed by atoms with van der Waals surface area (Å²) in [6.07, 6.45) is 0. The largest absolute Gasteiger partial charge is 0.453 e. The summed E-state index contributed by atoms with van der Waals surface area (Å²) in [5.74, 6) is 2.90. The molecule has 0 saturated carbocycles. The number of nitrogens with zero attached hydrogens (tertiary/aromatic N) is 1. The van der Waals surface area contributed by atoms with Crippen LogP contribution >= 0.6 is 10.0 Å². The fourth-order valence-corrected chi connectivity index (χ4v) is 13.3. The summed E-state index contributed by atoms with van der Waals surface area (Å²) in [5.41, 5.74) is 11.8. The van der Waals surface area contributed by atoms with Crippen molar-refractivity contribution in [2.45, 2.75) is 78.9 Å². The van der Waals surface area contributed by atoms with Gasteiger partial charge in [-0.05, 0) is 111 Å². The summed E-state index contributed by atoms with van der Waals surface area (Å²) in [6, 6.07) is 61.3. The number of ether oxygens (including phenoxy) is 1. The van der Waals surface area contributed by atoms with Gasteiger partial charge in [-0.1, -0.05) is 155 Å². The number of hydrogen-bond acceptors (Lipinski definition) is 2.